The highest BCUT2D eigenvalue weighted by Gasteiger charge is 2.12. The van der Waals surface area contributed by atoms with Gasteiger partial charge in [-0.05, 0) is 98.8 Å². The van der Waals surface area contributed by atoms with Crippen LogP contribution in [0.15, 0.2) is 141 Å². The fourth-order valence-corrected chi connectivity index (χ4v) is 5.54. The van der Waals surface area contributed by atoms with Crippen LogP contribution in [-0.2, 0) is 9.59 Å². The van der Waals surface area contributed by atoms with Gasteiger partial charge < -0.3 is 10.6 Å². The second-order valence-electron chi connectivity index (χ2n) is 8.55. The number of allylic oxidation sites excluding steroid dienone is 2. The minimum Gasteiger partial charge on any atom is -0.321 e. The van der Waals surface area contributed by atoms with Gasteiger partial charge in [-0.2, -0.15) is 0 Å². The molecule has 2 N–H and O–H groups in total. The van der Waals surface area contributed by atoms with Gasteiger partial charge in [-0.15, -0.1) is 0 Å². The van der Waals surface area contributed by atoms with E-state index in [2.05, 4.69) is 10.6 Å². The minimum atomic E-state index is -0.179. The van der Waals surface area contributed by atoms with Gasteiger partial charge in [0, 0.05) is 30.7 Å². The van der Waals surface area contributed by atoms with Crippen LogP contribution in [0, 0.1) is 0 Å². The number of nitrogens with one attached hydrogen (secondary N) is 2. The molecule has 0 atom stereocenters. The number of para-hydroxylation sites is 2. The van der Waals surface area contributed by atoms with Crippen LogP contribution in [0.4, 0.5) is 11.4 Å². The largest absolute Gasteiger partial charge is 0.321 e. The van der Waals surface area contributed by atoms with Crippen molar-refractivity contribution in [1.82, 2.24) is 0 Å². The van der Waals surface area contributed by atoms with E-state index in [1.807, 2.05) is 97.1 Å². The molecule has 0 aromatic heterocycles. The van der Waals surface area contributed by atoms with Crippen molar-refractivity contribution in [1.29, 1.82) is 0 Å². The Kier molecular flexibility index (Phi) is 10.2. The highest BCUT2D eigenvalue weighted by Crippen LogP contribution is 2.35. The second-order valence-corrected chi connectivity index (χ2v) is 10.8. The molecule has 7 heteroatoms. The summed E-state index contributed by atoms with van der Waals surface area (Å²) < 4.78 is 0. The average Bonchev–Trinajstić information content (AvgIpc) is 2.96. The number of anilines is 2. The van der Waals surface area contributed by atoms with Crippen LogP contribution >= 0.6 is 23.5 Å². The molecule has 40 heavy (non-hydrogen) atoms. The summed E-state index contributed by atoms with van der Waals surface area (Å²) in [5.41, 5.74) is 2.65. The molecule has 4 aromatic carbocycles. The van der Waals surface area contributed by atoms with E-state index in [0.29, 0.717) is 11.1 Å². The Balaban J connectivity index is 1.42. The summed E-state index contributed by atoms with van der Waals surface area (Å²) in [7, 11) is 0. The smallest absolute Gasteiger partial charge is 0.248 e. The van der Waals surface area contributed by atoms with Crippen LogP contribution < -0.4 is 10.6 Å². The van der Waals surface area contributed by atoms with Crippen molar-refractivity contribution < 1.29 is 14.4 Å². The molecule has 0 saturated heterocycles. The van der Waals surface area contributed by atoms with E-state index in [4.69, 9.17) is 0 Å². The zero-order chi connectivity index (χ0) is 28.3. The summed E-state index contributed by atoms with van der Waals surface area (Å²) in [6.45, 7) is 3.60. The molecule has 2 amide bonds. The highest BCUT2D eigenvalue weighted by molar-refractivity contribution is 7.99. The molecule has 4 aromatic rings. The first-order chi connectivity index (χ1) is 19.5. The standard InChI is InChI=1S/C33H28N2O3S2/c1-3-9-31(36)34-27-11-5-7-13-29(27)39-25-19-15-23(16-20-25)33(38)24-17-21-26(22-18-24)40-30-14-8-6-12-28(30)35-32(37)10-4-2/h3-22H,1-2H3,(H,34,36)(H,35,37). The normalized spacial score (nSPS) is 11.1. The second kappa shape index (κ2) is 14.2. The molecule has 0 aliphatic carbocycles. The first-order valence-electron chi connectivity index (χ1n) is 12.6. The van der Waals surface area contributed by atoms with E-state index in [1.54, 1.807) is 26.0 Å². The molecule has 0 radical (unpaired) electrons. The lowest BCUT2D eigenvalue weighted by atomic mass is 10.0. The molecular weight excluding hydrogens is 537 g/mol. The van der Waals surface area contributed by atoms with E-state index in [0.717, 1.165) is 31.0 Å². The van der Waals surface area contributed by atoms with Crippen LogP contribution in [0.5, 0.6) is 0 Å². The average molecular weight is 565 g/mol. The topological polar surface area (TPSA) is 75.3 Å². The summed E-state index contributed by atoms with van der Waals surface area (Å²) in [6, 6.07) is 30.1. The Morgan fingerprint density at radius 1 is 0.550 bits per heavy atom. The Morgan fingerprint density at radius 3 is 1.30 bits per heavy atom. The van der Waals surface area contributed by atoms with Gasteiger partial charge in [0.25, 0.3) is 0 Å². The van der Waals surface area contributed by atoms with Crippen molar-refractivity contribution in [3.63, 3.8) is 0 Å². The fraction of sp³-hybridized carbons (Fsp3) is 0.0606. The van der Waals surface area contributed by atoms with Crippen molar-refractivity contribution in [3.8, 4) is 0 Å². The molecule has 0 fully saturated rings. The molecule has 200 valence electrons. The van der Waals surface area contributed by atoms with Crippen LogP contribution in [0.1, 0.15) is 29.8 Å². The first kappa shape index (κ1) is 28.7. The fourth-order valence-electron chi connectivity index (χ4n) is 3.74. The Morgan fingerprint density at radius 2 is 0.925 bits per heavy atom. The van der Waals surface area contributed by atoms with Gasteiger partial charge >= 0.3 is 0 Å². The summed E-state index contributed by atoms with van der Waals surface area (Å²) >= 11 is 3.04. The van der Waals surface area contributed by atoms with Crippen LogP contribution in [-0.4, -0.2) is 17.6 Å². The Labute approximate surface area is 242 Å². The van der Waals surface area contributed by atoms with Crippen molar-refractivity contribution in [3.05, 3.63) is 132 Å². The van der Waals surface area contributed by atoms with Crippen molar-refractivity contribution in [2.45, 2.75) is 33.4 Å². The molecule has 5 nitrogen and oxygen atoms in total. The lowest BCUT2D eigenvalue weighted by Crippen LogP contribution is -2.08. The monoisotopic (exact) mass is 564 g/mol. The predicted molar refractivity (Wildman–Crippen MR) is 164 cm³/mol. The predicted octanol–water partition coefficient (Wildman–Crippen LogP) is 8.25. The summed E-state index contributed by atoms with van der Waals surface area (Å²) in [5.74, 6) is -0.422. The number of hydrogen-bond acceptors (Lipinski definition) is 5. The van der Waals surface area contributed by atoms with Gasteiger partial charge in [-0.3, -0.25) is 14.4 Å². The maximum Gasteiger partial charge on any atom is 0.248 e. The van der Waals surface area contributed by atoms with E-state index < -0.39 is 0 Å². The lowest BCUT2D eigenvalue weighted by Gasteiger charge is -2.10. The van der Waals surface area contributed by atoms with E-state index in [-0.39, 0.29) is 17.6 Å². The minimum absolute atomic E-state index is 0.0638. The zero-order valence-electron chi connectivity index (χ0n) is 22.1. The molecule has 0 unspecified atom stereocenters. The molecule has 0 spiro atoms. The third-order valence-electron chi connectivity index (χ3n) is 5.61. The Bertz CT molecular complexity index is 1440. The number of rotatable bonds is 10. The van der Waals surface area contributed by atoms with Crippen LogP contribution in [0.25, 0.3) is 0 Å². The van der Waals surface area contributed by atoms with Crippen molar-refractivity contribution >= 4 is 52.5 Å². The number of carbonyl (C=O) groups is 3. The zero-order valence-corrected chi connectivity index (χ0v) is 23.7. The van der Waals surface area contributed by atoms with Crippen molar-refractivity contribution in [2.75, 3.05) is 10.6 Å². The van der Waals surface area contributed by atoms with Gasteiger partial charge in [-0.1, -0.05) is 59.9 Å². The van der Waals surface area contributed by atoms with E-state index >= 15 is 0 Å². The summed E-state index contributed by atoms with van der Waals surface area (Å²) in [6.07, 6.45) is 6.36. The SMILES string of the molecule is CC=CC(=O)Nc1ccccc1Sc1ccc(C(=O)c2ccc(Sc3ccccc3NC(=O)C=CC)cc2)cc1. The number of carbonyl (C=O) groups excluding carboxylic acids is 3. The molecule has 0 aliphatic rings. The number of ketones is 1. The van der Waals surface area contributed by atoms with E-state index in [9.17, 15) is 14.4 Å². The van der Waals surface area contributed by atoms with Crippen LogP contribution in [0.2, 0.25) is 0 Å². The van der Waals surface area contributed by atoms with Gasteiger partial charge in [0.2, 0.25) is 11.8 Å². The van der Waals surface area contributed by atoms with Crippen molar-refractivity contribution in [2.24, 2.45) is 0 Å². The Hall–Kier alpha value is -4.33. The van der Waals surface area contributed by atoms with E-state index in [1.165, 1.54) is 35.7 Å². The number of hydrogen-bond donors (Lipinski definition) is 2. The summed E-state index contributed by atoms with van der Waals surface area (Å²) in [5, 5.41) is 5.79. The third kappa shape index (κ3) is 7.85. The molecule has 0 bridgehead atoms. The maximum atomic E-state index is 13.1. The lowest BCUT2D eigenvalue weighted by molar-refractivity contribution is -0.112. The van der Waals surface area contributed by atoms with Gasteiger partial charge in [0.15, 0.2) is 5.78 Å². The van der Waals surface area contributed by atoms with Gasteiger partial charge in [-0.25, -0.2) is 0 Å². The molecule has 0 saturated carbocycles. The number of benzene rings is 4. The quantitative estimate of drug-likeness (QED) is 0.150. The highest BCUT2D eigenvalue weighted by atomic mass is 32.2. The van der Waals surface area contributed by atoms with Gasteiger partial charge in [0.1, 0.15) is 0 Å². The molecule has 0 heterocycles. The van der Waals surface area contributed by atoms with Gasteiger partial charge in [0.05, 0.1) is 11.4 Å². The molecule has 0 aliphatic heterocycles. The molecule has 4 rings (SSSR count). The first-order valence-corrected chi connectivity index (χ1v) is 14.3. The van der Waals surface area contributed by atoms with Crippen LogP contribution in [0.3, 0.4) is 0 Å². The maximum absolute atomic E-state index is 13.1. The number of amides is 2. The third-order valence-corrected chi connectivity index (χ3v) is 7.78. The summed E-state index contributed by atoms with van der Waals surface area (Å²) in [4.78, 5) is 40.9. The molecular formula is C33H28N2O3S2.